The molecular formula is C27H46O. The predicted molar refractivity (Wildman–Crippen MR) is 119 cm³/mol. The number of hydrogen-bond acceptors (Lipinski definition) is 1. The molecule has 1 N–H and O–H groups in total. The Bertz CT molecular complexity index is 603. The zero-order valence-corrected chi connectivity index (χ0v) is 19.4. The van der Waals surface area contributed by atoms with E-state index in [2.05, 4.69) is 34.6 Å². The largest absolute Gasteiger partial charge is 0.392 e. The molecule has 0 bridgehead atoms. The molecule has 160 valence electrons. The fourth-order valence-corrected chi connectivity index (χ4v) is 8.54. The SMILES string of the molecule is CC(C)CCC[C@@H](C)[C@H]1CC[C@H]2C3=C(CC[C@]12C)[C@@]1(C)C(O)CCCC1CC3. The van der Waals surface area contributed by atoms with E-state index in [0.29, 0.717) is 5.41 Å². The summed E-state index contributed by atoms with van der Waals surface area (Å²) in [6.07, 6.45) is 16.0. The van der Waals surface area contributed by atoms with Crippen molar-refractivity contribution in [1.82, 2.24) is 0 Å². The number of hydrogen-bond donors (Lipinski definition) is 1. The van der Waals surface area contributed by atoms with Crippen LogP contribution in [0.5, 0.6) is 0 Å². The van der Waals surface area contributed by atoms with E-state index in [1.807, 2.05) is 5.57 Å². The Hall–Kier alpha value is -0.300. The van der Waals surface area contributed by atoms with Gasteiger partial charge < -0.3 is 5.11 Å². The summed E-state index contributed by atoms with van der Waals surface area (Å²) in [7, 11) is 0. The molecule has 0 spiro atoms. The van der Waals surface area contributed by atoms with Crippen LogP contribution in [0, 0.1) is 40.4 Å². The highest BCUT2D eigenvalue weighted by Crippen LogP contribution is 2.66. The van der Waals surface area contributed by atoms with Crippen LogP contribution in [0.3, 0.4) is 0 Å². The number of allylic oxidation sites excluding steroid dienone is 1. The Labute approximate surface area is 174 Å². The molecule has 0 aromatic carbocycles. The standard InChI is InChI=1S/C27H46O/c1-18(2)8-6-9-19(3)22-14-15-23-21-13-12-20-10-7-11-25(28)27(20,5)24(21)16-17-26(22,23)4/h18-20,22-23,25,28H,6-17H2,1-5H3/t19-,20?,22-,23+,25?,26-,27+/m1/s1. The van der Waals surface area contributed by atoms with Crippen LogP contribution in [0.15, 0.2) is 11.1 Å². The van der Waals surface area contributed by atoms with Crippen molar-refractivity contribution in [2.45, 2.75) is 118 Å². The molecule has 2 unspecified atom stereocenters. The van der Waals surface area contributed by atoms with E-state index in [0.717, 1.165) is 36.0 Å². The van der Waals surface area contributed by atoms with Crippen LogP contribution in [0.4, 0.5) is 0 Å². The fraction of sp³-hybridized carbons (Fsp3) is 0.926. The highest BCUT2D eigenvalue weighted by Gasteiger charge is 2.57. The van der Waals surface area contributed by atoms with Crippen molar-refractivity contribution in [2.75, 3.05) is 0 Å². The molecule has 0 radical (unpaired) electrons. The second-order valence-corrected chi connectivity index (χ2v) is 12.0. The summed E-state index contributed by atoms with van der Waals surface area (Å²) in [6.45, 7) is 12.4. The monoisotopic (exact) mass is 386 g/mol. The van der Waals surface area contributed by atoms with E-state index >= 15 is 0 Å². The summed E-state index contributed by atoms with van der Waals surface area (Å²) < 4.78 is 0. The Kier molecular flexibility index (Phi) is 5.80. The summed E-state index contributed by atoms with van der Waals surface area (Å²) in [5, 5.41) is 11.1. The Morgan fingerprint density at radius 3 is 2.50 bits per heavy atom. The van der Waals surface area contributed by atoms with Crippen molar-refractivity contribution in [2.24, 2.45) is 40.4 Å². The van der Waals surface area contributed by atoms with Gasteiger partial charge in [-0.2, -0.15) is 0 Å². The van der Waals surface area contributed by atoms with Crippen molar-refractivity contribution in [1.29, 1.82) is 0 Å². The number of rotatable bonds is 5. The molecule has 7 atom stereocenters. The molecule has 2 fully saturated rings. The summed E-state index contributed by atoms with van der Waals surface area (Å²) in [5.41, 5.74) is 4.21. The maximum Gasteiger partial charge on any atom is 0.0633 e. The first-order chi connectivity index (χ1) is 13.3. The second-order valence-electron chi connectivity index (χ2n) is 12.0. The molecule has 0 heterocycles. The van der Waals surface area contributed by atoms with Gasteiger partial charge in [-0.1, -0.05) is 71.4 Å². The summed E-state index contributed by atoms with van der Waals surface area (Å²) in [6, 6.07) is 0. The van der Waals surface area contributed by atoms with Crippen LogP contribution in [0.2, 0.25) is 0 Å². The molecule has 4 rings (SSSR count). The molecule has 0 aromatic rings. The van der Waals surface area contributed by atoms with Crippen LogP contribution in [-0.4, -0.2) is 11.2 Å². The van der Waals surface area contributed by atoms with Crippen molar-refractivity contribution in [3.63, 3.8) is 0 Å². The van der Waals surface area contributed by atoms with Gasteiger partial charge in [0, 0.05) is 5.41 Å². The molecule has 1 nitrogen and oxygen atoms in total. The minimum absolute atomic E-state index is 0.0898. The highest BCUT2D eigenvalue weighted by atomic mass is 16.3. The smallest absolute Gasteiger partial charge is 0.0633 e. The Morgan fingerprint density at radius 1 is 0.964 bits per heavy atom. The Balaban J connectivity index is 1.55. The topological polar surface area (TPSA) is 20.2 Å². The number of aliphatic hydroxyl groups excluding tert-OH is 1. The lowest BCUT2D eigenvalue weighted by Gasteiger charge is -2.56. The first-order valence-corrected chi connectivity index (χ1v) is 12.7. The summed E-state index contributed by atoms with van der Waals surface area (Å²) in [5.74, 6) is 4.20. The minimum Gasteiger partial charge on any atom is -0.392 e. The third-order valence-corrected chi connectivity index (χ3v) is 10.2. The van der Waals surface area contributed by atoms with Gasteiger partial charge in [0.1, 0.15) is 0 Å². The lowest BCUT2D eigenvalue weighted by Crippen LogP contribution is -2.49. The van der Waals surface area contributed by atoms with Gasteiger partial charge in [-0.3, -0.25) is 0 Å². The van der Waals surface area contributed by atoms with Gasteiger partial charge in [0.2, 0.25) is 0 Å². The molecule has 4 aliphatic carbocycles. The van der Waals surface area contributed by atoms with Crippen molar-refractivity contribution in [3.05, 3.63) is 11.1 Å². The van der Waals surface area contributed by atoms with Crippen molar-refractivity contribution >= 4 is 0 Å². The van der Waals surface area contributed by atoms with Crippen LogP contribution in [0.25, 0.3) is 0 Å². The molecule has 28 heavy (non-hydrogen) atoms. The number of aliphatic hydroxyl groups is 1. The first kappa shape index (κ1) is 21.0. The molecule has 0 saturated heterocycles. The van der Waals surface area contributed by atoms with E-state index in [-0.39, 0.29) is 11.5 Å². The quantitative estimate of drug-likeness (QED) is 0.484. The second kappa shape index (κ2) is 7.75. The molecule has 2 saturated carbocycles. The average molecular weight is 387 g/mol. The molecule has 1 heteroatoms. The lowest BCUT2D eigenvalue weighted by atomic mass is 9.50. The maximum absolute atomic E-state index is 11.1. The van der Waals surface area contributed by atoms with Gasteiger partial charge in [0.05, 0.1) is 6.10 Å². The van der Waals surface area contributed by atoms with Crippen LogP contribution >= 0.6 is 0 Å². The Morgan fingerprint density at radius 2 is 1.75 bits per heavy atom. The average Bonchev–Trinajstić information content (AvgIpc) is 3.00. The third-order valence-electron chi connectivity index (χ3n) is 10.2. The van der Waals surface area contributed by atoms with E-state index in [1.54, 1.807) is 5.57 Å². The molecule has 0 amide bonds. The van der Waals surface area contributed by atoms with Crippen LogP contribution in [-0.2, 0) is 0 Å². The molecule has 0 aliphatic heterocycles. The zero-order valence-electron chi connectivity index (χ0n) is 19.4. The third kappa shape index (κ3) is 3.23. The maximum atomic E-state index is 11.1. The zero-order chi connectivity index (χ0) is 20.1. The number of fused-ring (bicyclic) bond motifs is 4. The highest BCUT2D eigenvalue weighted by molar-refractivity contribution is 5.35. The molecule has 4 aliphatic rings. The lowest BCUT2D eigenvalue weighted by molar-refractivity contribution is -0.0364. The summed E-state index contributed by atoms with van der Waals surface area (Å²) >= 11 is 0. The van der Waals surface area contributed by atoms with Gasteiger partial charge in [-0.05, 0) is 86.4 Å². The van der Waals surface area contributed by atoms with Gasteiger partial charge in [-0.25, -0.2) is 0 Å². The van der Waals surface area contributed by atoms with Crippen LogP contribution in [0.1, 0.15) is 112 Å². The fourth-order valence-electron chi connectivity index (χ4n) is 8.54. The summed E-state index contributed by atoms with van der Waals surface area (Å²) in [4.78, 5) is 0. The van der Waals surface area contributed by atoms with Crippen molar-refractivity contribution < 1.29 is 5.11 Å². The van der Waals surface area contributed by atoms with Gasteiger partial charge in [0.25, 0.3) is 0 Å². The molecule has 0 aromatic heterocycles. The van der Waals surface area contributed by atoms with E-state index in [4.69, 9.17) is 0 Å². The van der Waals surface area contributed by atoms with E-state index in [1.165, 1.54) is 70.6 Å². The van der Waals surface area contributed by atoms with E-state index in [9.17, 15) is 5.11 Å². The molecular weight excluding hydrogens is 340 g/mol. The van der Waals surface area contributed by atoms with Crippen molar-refractivity contribution in [3.8, 4) is 0 Å². The van der Waals surface area contributed by atoms with Gasteiger partial charge in [0.15, 0.2) is 0 Å². The van der Waals surface area contributed by atoms with Crippen LogP contribution < -0.4 is 0 Å². The van der Waals surface area contributed by atoms with E-state index < -0.39 is 0 Å². The predicted octanol–water partition coefficient (Wildman–Crippen LogP) is 7.53. The van der Waals surface area contributed by atoms with Gasteiger partial charge in [-0.15, -0.1) is 0 Å². The van der Waals surface area contributed by atoms with Gasteiger partial charge >= 0.3 is 0 Å². The minimum atomic E-state index is -0.0898. The normalized spacial score (nSPS) is 44.2. The first-order valence-electron chi connectivity index (χ1n) is 12.7.